The van der Waals surface area contributed by atoms with Gasteiger partial charge in [0.2, 0.25) is 5.91 Å². The van der Waals surface area contributed by atoms with Crippen molar-refractivity contribution in [1.29, 1.82) is 0 Å². The number of aliphatic hydroxyl groups is 5. The molecule has 1 aliphatic rings. The number of rotatable bonds is 52. The smallest absolute Gasteiger partial charge is 0.220 e. The van der Waals surface area contributed by atoms with E-state index in [1.165, 1.54) is 244 Å². The van der Waals surface area contributed by atoms with Gasteiger partial charge in [0.15, 0.2) is 6.29 Å². The van der Waals surface area contributed by atoms with Crippen LogP contribution < -0.4 is 5.32 Å². The van der Waals surface area contributed by atoms with Crippen LogP contribution in [0.15, 0.2) is 0 Å². The lowest BCUT2D eigenvalue weighted by Crippen LogP contribution is -2.60. The van der Waals surface area contributed by atoms with Crippen LogP contribution in [-0.4, -0.2) is 87.5 Å². The van der Waals surface area contributed by atoms with E-state index in [0.29, 0.717) is 12.8 Å². The number of carbonyl (C=O) groups is 1. The molecule has 9 heteroatoms. The van der Waals surface area contributed by atoms with Crippen LogP contribution in [-0.2, 0) is 14.3 Å². The fraction of sp³-hybridized carbons (Fsp3) is 0.983. The molecule has 6 N–H and O–H groups in total. The van der Waals surface area contributed by atoms with Gasteiger partial charge >= 0.3 is 0 Å². The summed E-state index contributed by atoms with van der Waals surface area (Å²) in [5, 5.41) is 54.7. The van der Waals surface area contributed by atoms with E-state index in [1.807, 2.05) is 0 Å². The van der Waals surface area contributed by atoms with E-state index in [0.717, 1.165) is 38.5 Å². The maximum absolute atomic E-state index is 13.1. The minimum Gasteiger partial charge on any atom is -0.394 e. The summed E-state index contributed by atoms with van der Waals surface area (Å²) in [6.07, 6.45) is 51.4. The van der Waals surface area contributed by atoms with Gasteiger partial charge in [0, 0.05) is 6.42 Å². The Morgan fingerprint density at radius 3 is 1.06 bits per heavy atom. The van der Waals surface area contributed by atoms with Gasteiger partial charge in [-0.15, -0.1) is 0 Å². The topological polar surface area (TPSA) is 149 Å². The van der Waals surface area contributed by atoms with Gasteiger partial charge in [0.1, 0.15) is 24.4 Å². The van der Waals surface area contributed by atoms with E-state index in [9.17, 15) is 30.3 Å². The number of carbonyl (C=O) groups excluding carboxylic acids is 1. The lowest BCUT2D eigenvalue weighted by atomic mass is 9.99. The monoisotopic (exact) mass is 954 g/mol. The number of nitrogens with one attached hydrogen (secondary N) is 1. The summed E-state index contributed by atoms with van der Waals surface area (Å²) in [7, 11) is 0. The maximum Gasteiger partial charge on any atom is 0.220 e. The summed E-state index contributed by atoms with van der Waals surface area (Å²) in [5.41, 5.74) is 0. The second-order valence-electron chi connectivity index (χ2n) is 21.2. The Morgan fingerprint density at radius 2 is 0.746 bits per heavy atom. The molecule has 1 amide bonds. The van der Waals surface area contributed by atoms with Crippen molar-refractivity contribution in [3.05, 3.63) is 0 Å². The van der Waals surface area contributed by atoms with Crippen molar-refractivity contribution in [3.63, 3.8) is 0 Å². The number of aliphatic hydroxyl groups excluding tert-OH is 5. The van der Waals surface area contributed by atoms with Crippen molar-refractivity contribution < 1.29 is 39.8 Å². The fourth-order valence-electron chi connectivity index (χ4n) is 9.99. The Morgan fingerprint density at radius 1 is 0.448 bits per heavy atom. The molecule has 2 unspecified atom stereocenters. The molecule has 1 fully saturated rings. The first kappa shape index (κ1) is 64.2. The van der Waals surface area contributed by atoms with E-state index >= 15 is 0 Å². The Labute approximate surface area is 414 Å². The van der Waals surface area contributed by atoms with Crippen LogP contribution in [0.3, 0.4) is 0 Å². The number of ether oxygens (including phenoxy) is 2. The minimum absolute atomic E-state index is 0.131. The second kappa shape index (κ2) is 48.8. The first-order chi connectivity index (χ1) is 32.8. The molecule has 0 radical (unpaired) electrons. The highest BCUT2D eigenvalue weighted by Gasteiger charge is 2.44. The van der Waals surface area contributed by atoms with Crippen molar-refractivity contribution in [1.82, 2.24) is 5.32 Å². The van der Waals surface area contributed by atoms with Crippen molar-refractivity contribution in [3.8, 4) is 0 Å². The standard InChI is InChI=1S/C58H115NO8/c1-3-5-7-9-11-13-15-17-19-21-22-23-24-25-26-27-28-29-30-32-34-36-38-40-42-44-46-48-54(62)59-51(50-66-58-57(65)56(64)55(63)53(49-60)67-58)52(61)47-45-43-41-39-37-35-33-31-20-18-16-14-12-10-8-6-4-2/h51-53,55-58,60-61,63-65H,3-50H2,1-2H3,(H,59,62)/t51-,52+,53+,55-,56?,57?,58+/m0/s1. The van der Waals surface area contributed by atoms with Crippen molar-refractivity contribution in [2.75, 3.05) is 13.2 Å². The molecule has 7 atom stereocenters. The van der Waals surface area contributed by atoms with Crippen LogP contribution in [0.25, 0.3) is 0 Å². The molecular formula is C58H115NO8. The number of hydrogen-bond donors (Lipinski definition) is 6. The maximum atomic E-state index is 13.1. The summed E-state index contributed by atoms with van der Waals surface area (Å²) < 4.78 is 11.3. The lowest BCUT2D eigenvalue weighted by molar-refractivity contribution is -0.302. The highest BCUT2D eigenvalue weighted by molar-refractivity contribution is 5.76. The Bertz CT molecular complexity index is 1020. The first-order valence-corrected chi connectivity index (χ1v) is 29.7. The van der Waals surface area contributed by atoms with Crippen LogP contribution in [0.2, 0.25) is 0 Å². The van der Waals surface area contributed by atoms with Crippen LogP contribution in [0.4, 0.5) is 0 Å². The SMILES string of the molecule is CCCCCCCCCCCCCCCCCCCCCCCCCCCCCC(=O)N[C@@H](CO[C@@H]1O[C@H](CO)[C@H](O)C(O)C1O)[C@H](O)CCCCCCCCCCCCCCCCCCC. The lowest BCUT2D eigenvalue weighted by Gasteiger charge is -2.40. The zero-order valence-corrected chi connectivity index (χ0v) is 44.4. The van der Waals surface area contributed by atoms with Crippen molar-refractivity contribution in [2.24, 2.45) is 0 Å². The second-order valence-corrected chi connectivity index (χ2v) is 21.2. The molecule has 0 saturated carbocycles. The summed E-state index contributed by atoms with van der Waals surface area (Å²) in [6.45, 7) is 3.89. The predicted octanol–water partition coefficient (Wildman–Crippen LogP) is 14.6. The van der Waals surface area contributed by atoms with Gasteiger partial charge in [-0.2, -0.15) is 0 Å². The molecule has 0 bridgehead atoms. The average molecular weight is 955 g/mol. The largest absolute Gasteiger partial charge is 0.394 e. The van der Waals surface area contributed by atoms with Gasteiger partial charge in [-0.1, -0.05) is 290 Å². The van der Waals surface area contributed by atoms with Gasteiger partial charge < -0.3 is 40.3 Å². The first-order valence-electron chi connectivity index (χ1n) is 29.7. The van der Waals surface area contributed by atoms with E-state index in [2.05, 4.69) is 19.2 Å². The molecule has 1 aliphatic heterocycles. The van der Waals surface area contributed by atoms with Crippen LogP contribution in [0, 0.1) is 0 Å². The molecule has 0 aromatic carbocycles. The Kier molecular flexibility index (Phi) is 46.8. The van der Waals surface area contributed by atoms with Crippen molar-refractivity contribution in [2.45, 2.75) is 352 Å². The number of amides is 1. The molecule has 0 spiro atoms. The van der Waals surface area contributed by atoms with Gasteiger partial charge in [-0.05, 0) is 12.8 Å². The Balaban J connectivity index is 2.15. The van der Waals surface area contributed by atoms with E-state index in [1.54, 1.807) is 0 Å². The van der Waals surface area contributed by atoms with Gasteiger partial charge in [0.25, 0.3) is 0 Å². The minimum atomic E-state index is -1.55. The number of hydrogen-bond acceptors (Lipinski definition) is 8. The summed E-state index contributed by atoms with van der Waals surface area (Å²) in [4.78, 5) is 13.1. The molecule has 400 valence electrons. The highest BCUT2D eigenvalue weighted by Crippen LogP contribution is 2.23. The molecule has 0 aliphatic carbocycles. The van der Waals surface area contributed by atoms with Crippen molar-refractivity contribution >= 4 is 5.91 Å². The fourth-order valence-corrected chi connectivity index (χ4v) is 9.99. The van der Waals surface area contributed by atoms with Crippen LogP contribution >= 0.6 is 0 Å². The molecule has 67 heavy (non-hydrogen) atoms. The zero-order chi connectivity index (χ0) is 48.7. The molecule has 1 saturated heterocycles. The van der Waals surface area contributed by atoms with Gasteiger partial charge in [-0.3, -0.25) is 4.79 Å². The van der Waals surface area contributed by atoms with Crippen LogP contribution in [0.1, 0.15) is 309 Å². The van der Waals surface area contributed by atoms with E-state index in [-0.39, 0.29) is 12.5 Å². The average Bonchev–Trinajstić information content (AvgIpc) is 3.33. The highest BCUT2D eigenvalue weighted by atomic mass is 16.7. The summed E-state index contributed by atoms with van der Waals surface area (Å²) in [5.74, 6) is -0.136. The van der Waals surface area contributed by atoms with Gasteiger partial charge in [0.05, 0.1) is 25.4 Å². The molecule has 1 rings (SSSR count). The normalized spacial score (nSPS) is 19.5. The summed E-state index contributed by atoms with van der Waals surface area (Å²) >= 11 is 0. The van der Waals surface area contributed by atoms with Gasteiger partial charge in [-0.25, -0.2) is 0 Å². The van der Waals surface area contributed by atoms with E-state index < -0.39 is 49.5 Å². The molecular weight excluding hydrogens is 839 g/mol. The summed E-state index contributed by atoms with van der Waals surface area (Å²) in [6, 6.07) is -0.713. The van der Waals surface area contributed by atoms with E-state index in [4.69, 9.17) is 9.47 Å². The zero-order valence-electron chi connectivity index (χ0n) is 44.4. The third-order valence-electron chi connectivity index (χ3n) is 14.7. The third-order valence-corrected chi connectivity index (χ3v) is 14.7. The third kappa shape index (κ3) is 38.5. The number of unbranched alkanes of at least 4 members (excludes halogenated alkanes) is 42. The van der Waals surface area contributed by atoms with Crippen LogP contribution in [0.5, 0.6) is 0 Å². The molecule has 1 heterocycles. The Hall–Kier alpha value is -0.810. The molecule has 0 aromatic heterocycles. The molecule has 9 nitrogen and oxygen atoms in total. The molecule has 0 aromatic rings. The predicted molar refractivity (Wildman–Crippen MR) is 281 cm³/mol. The quantitative estimate of drug-likeness (QED) is 0.0330.